The first kappa shape index (κ1) is 27.9. The van der Waals surface area contributed by atoms with Crippen LogP contribution in [0.1, 0.15) is 104 Å². The van der Waals surface area contributed by atoms with Crippen molar-refractivity contribution >= 4 is 11.9 Å². The van der Waals surface area contributed by atoms with E-state index in [0.29, 0.717) is 37.9 Å². The third-order valence-electron chi connectivity index (χ3n) is 5.02. The highest BCUT2D eigenvalue weighted by Gasteiger charge is 2.12. The second-order valence-corrected chi connectivity index (χ2v) is 8.52. The molecule has 0 bridgehead atoms. The van der Waals surface area contributed by atoms with Gasteiger partial charge in [-0.1, -0.05) is 65.7 Å². The molecule has 29 heavy (non-hydrogen) atoms. The molecule has 0 fully saturated rings. The van der Waals surface area contributed by atoms with E-state index in [1.165, 1.54) is 19.3 Å². The topological polar surface area (TPSA) is 61.8 Å². The van der Waals surface area contributed by atoms with Gasteiger partial charge >= 0.3 is 11.9 Å². The normalized spacial score (nSPS) is 12.2. The minimum Gasteiger partial charge on any atom is -0.465 e. The molecule has 5 nitrogen and oxygen atoms in total. The number of carbonyl (C=O) groups is 2. The first-order chi connectivity index (χ1) is 14.0. The lowest BCUT2D eigenvalue weighted by molar-refractivity contribution is -0.146. The standard InChI is InChI=1S/C24H46O5/c1-5-6-11-14-22(17-18-27-4)20-29-24(26)16-13-10-8-7-9-12-15-23(25)28-19-21(2)3/h21-22H,5-20H2,1-4H3. The van der Waals surface area contributed by atoms with E-state index in [1.54, 1.807) is 7.11 Å². The van der Waals surface area contributed by atoms with Crippen molar-refractivity contribution in [2.75, 3.05) is 26.9 Å². The van der Waals surface area contributed by atoms with Crippen LogP contribution in [0.5, 0.6) is 0 Å². The molecule has 0 aliphatic heterocycles. The van der Waals surface area contributed by atoms with Crippen molar-refractivity contribution in [3.63, 3.8) is 0 Å². The van der Waals surface area contributed by atoms with Gasteiger partial charge in [-0.2, -0.15) is 0 Å². The summed E-state index contributed by atoms with van der Waals surface area (Å²) in [4.78, 5) is 23.5. The van der Waals surface area contributed by atoms with E-state index >= 15 is 0 Å². The van der Waals surface area contributed by atoms with E-state index in [2.05, 4.69) is 6.92 Å². The van der Waals surface area contributed by atoms with Gasteiger partial charge in [-0.15, -0.1) is 0 Å². The molecular weight excluding hydrogens is 368 g/mol. The fourth-order valence-electron chi connectivity index (χ4n) is 3.14. The number of hydrogen-bond donors (Lipinski definition) is 0. The number of hydrogen-bond acceptors (Lipinski definition) is 5. The molecular formula is C24H46O5. The molecule has 0 aromatic rings. The summed E-state index contributed by atoms with van der Waals surface area (Å²) in [6.07, 6.45) is 12.8. The molecule has 0 N–H and O–H groups in total. The zero-order valence-corrected chi connectivity index (χ0v) is 19.5. The Hall–Kier alpha value is -1.10. The molecule has 0 heterocycles. The smallest absolute Gasteiger partial charge is 0.305 e. The predicted molar refractivity (Wildman–Crippen MR) is 118 cm³/mol. The van der Waals surface area contributed by atoms with Gasteiger partial charge in [-0.05, 0) is 37.5 Å². The van der Waals surface area contributed by atoms with Crippen molar-refractivity contribution in [3.8, 4) is 0 Å². The van der Waals surface area contributed by atoms with Gasteiger partial charge in [0.15, 0.2) is 0 Å². The van der Waals surface area contributed by atoms with Gasteiger partial charge in [0.25, 0.3) is 0 Å². The highest BCUT2D eigenvalue weighted by molar-refractivity contribution is 5.69. The molecule has 0 saturated heterocycles. The Morgan fingerprint density at radius 2 is 1.28 bits per heavy atom. The number of ether oxygens (including phenoxy) is 3. The lowest BCUT2D eigenvalue weighted by Gasteiger charge is -2.16. The van der Waals surface area contributed by atoms with Crippen LogP contribution in [-0.4, -0.2) is 38.9 Å². The van der Waals surface area contributed by atoms with E-state index in [1.807, 2.05) is 13.8 Å². The van der Waals surface area contributed by atoms with E-state index < -0.39 is 0 Å². The summed E-state index contributed by atoms with van der Waals surface area (Å²) in [6, 6.07) is 0. The van der Waals surface area contributed by atoms with Crippen LogP contribution in [0.25, 0.3) is 0 Å². The maximum Gasteiger partial charge on any atom is 0.305 e. The van der Waals surface area contributed by atoms with Gasteiger partial charge in [0.2, 0.25) is 0 Å². The fourth-order valence-corrected chi connectivity index (χ4v) is 3.14. The van der Waals surface area contributed by atoms with Crippen LogP contribution in [-0.2, 0) is 23.8 Å². The average Bonchev–Trinajstić information content (AvgIpc) is 2.70. The van der Waals surface area contributed by atoms with Crippen molar-refractivity contribution in [1.82, 2.24) is 0 Å². The summed E-state index contributed by atoms with van der Waals surface area (Å²) >= 11 is 0. The number of methoxy groups -OCH3 is 1. The largest absolute Gasteiger partial charge is 0.465 e. The number of rotatable bonds is 20. The minimum atomic E-state index is -0.0834. The van der Waals surface area contributed by atoms with Crippen LogP contribution < -0.4 is 0 Å². The maximum absolute atomic E-state index is 12.0. The third kappa shape index (κ3) is 20.0. The second-order valence-electron chi connectivity index (χ2n) is 8.52. The summed E-state index contributed by atoms with van der Waals surface area (Å²) in [7, 11) is 1.72. The summed E-state index contributed by atoms with van der Waals surface area (Å²) in [6.45, 7) is 8.04. The zero-order chi connectivity index (χ0) is 21.7. The van der Waals surface area contributed by atoms with Crippen LogP contribution >= 0.6 is 0 Å². The van der Waals surface area contributed by atoms with Gasteiger partial charge in [0.1, 0.15) is 0 Å². The molecule has 0 aromatic heterocycles. The summed E-state index contributed by atoms with van der Waals surface area (Å²) in [5.74, 6) is 0.649. The van der Waals surface area contributed by atoms with Crippen LogP contribution in [0.3, 0.4) is 0 Å². The molecule has 172 valence electrons. The summed E-state index contributed by atoms with van der Waals surface area (Å²) < 4.78 is 15.8. The van der Waals surface area contributed by atoms with E-state index in [9.17, 15) is 9.59 Å². The number of unbranched alkanes of at least 4 members (excludes halogenated alkanes) is 7. The van der Waals surface area contributed by atoms with Crippen molar-refractivity contribution < 1.29 is 23.8 Å². The molecule has 0 rings (SSSR count). The maximum atomic E-state index is 12.0. The Bertz CT molecular complexity index is 395. The van der Waals surface area contributed by atoms with E-state index in [0.717, 1.165) is 58.0 Å². The molecule has 0 radical (unpaired) electrons. The monoisotopic (exact) mass is 414 g/mol. The highest BCUT2D eigenvalue weighted by Crippen LogP contribution is 2.16. The van der Waals surface area contributed by atoms with E-state index in [4.69, 9.17) is 14.2 Å². The van der Waals surface area contributed by atoms with Gasteiger partial charge in [-0.25, -0.2) is 0 Å². The molecule has 0 saturated carbocycles. The highest BCUT2D eigenvalue weighted by atomic mass is 16.5. The molecule has 5 heteroatoms. The predicted octanol–water partition coefficient (Wildman–Crippen LogP) is 6.08. The molecule has 1 atom stereocenters. The van der Waals surface area contributed by atoms with Crippen molar-refractivity contribution in [2.24, 2.45) is 11.8 Å². The van der Waals surface area contributed by atoms with Crippen molar-refractivity contribution in [3.05, 3.63) is 0 Å². The number of carbonyl (C=O) groups excluding carboxylic acids is 2. The SMILES string of the molecule is CCCCCC(CCOC)COC(=O)CCCCCCCCC(=O)OCC(C)C. The molecule has 0 aromatic carbocycles. The Morgan fingerprint density at radius 1 is 0.724 bits per heavy atom. The Kier molecular flexibility index (Phi) is 19.4. The van der Waals surface area contributed by atoms with Crippen LogP contribution in [0.15, 0.2) is 0 Å². The molecule has 0 amide bonds. The quantitative estimate of drug-likeness (QED) is 0.178. The van der Waals surface area contributed by atoms with Crippen molar-refractivity contribution in [2.45, 2.75) is 104 Å². The fraction of sp³-hybridized carbons (Fsp3) is 0.917. The Balaban J connectivity index is 3.63. The molecule has 1 unspecified atom stereocenters. The molecule has 0 spiro atoms. The second kappa shape index (κ2) is 20.2. The van der Waals surface area contributed by atoms with Crippen LogP contribution in [0.2, 0.25) is 0 Å². The van der Waals surface area contributed by atoms with Crippen LogP contribution in [0, 0.1) is 11.8 Å². The van der Waals surface area contributed by atoms with Crippen molar-refractivity contribution in [1.29, 1.82) is 0 Å². The zero-order valence-electron chi connectivity index (χ0n) is 19.5. The molecule has 0 aliphatic rings. The lowest BCUT2D eigenvalue weighted by Crippen LogP contribution is -2.16. The van der Waals surface area contributed by atoms with Crippen LogP contribution in [0.4, 0.5) is 0 Å². The lowest BCUT2D eigenvalue weighted by atomic mass is 9.99. The van der Waals surface area contributed by atoms with E-state index in [-0.39, 0.29) is 11.9 Å². The first-order valence-corrected chi connectivity index (χ1v) is 11.8. The molecule has 0 aliphatic carbocycles. The average molecular weight is 415 g/mol. The van der Waals surface area contributed by atoms with Gasteiger partial charge in [0.05, 0.1) is 13.2 Å². The minimum absolute atomic E-state index is 0.0733. The first-order valence-electron chi connectivity index (χ1n) is 11.8. The third-order valence-corrected chi connectivity index (χ3v) is 5.02. The Labute approximate surface area is 179 Å². The Morgan fingerprint density at radius 3 is 1.79 bits per heavy atom. The van der Waals surface area contributed by atoms with Gasteiger partial charge < -0.3 is 14.2 Å². The summed E-state index contributed by atoms with van der Waals surface area (Å²) in [5.41, 5.74) is 0. The van der Waals surface area contributed by atoms with Gasteiger partial charge in [0, 0.05) is 26.6 Å². The number of esters is 2. The summed E-state index contributed by atoms with van der Waals surface area (Å²) in [5, 5.41) is 0. The van der Waals surface area contributed by atoms with Gasteiger partial charge in [-0.3, -0.25) is 9.59 Å².